The van der Waals surface area contributed by atoms with Crippen molar-refractivity contribution < 1.29 is 14.7 Å². The van der Waals surface area contributed by atoms with Crippen LogP contribution in [0.2, 0.25) is 0 Å². The van der Waals surface area contributed by atoms with Crippen LogP contribution >= 0.6 is 0 Å². The molecule has 1 aliphatic heterocycles. The number of pyridine rings is 1. The van der Waals surface area contributed by atoms with Gasteiger partial charge in [0.15, 0.2) is 5.82 Å². The number of amides is 2. The van der Waals surface area contributed by atoms with Gasteiger partial charge in [-0.1, -0.05) is 49.6 Å². The maximum absolute atomic E-state index is 12.7. The van der Waals surface area contributed by atoms with Crippen LogP contribution in [0.5, 0.6) is 0 Å². The first-order valence-electron chi connectivity index (χ1n) is 10.1. The van der Waals surface area contributed by atoms with Crippen molar-refractivity contribution in [2.75, 3.05) is 23.3 Å². The second-order valence-corrected chi connectivity index (χ2v) is 7.88. The number of nitrogens with zero attached hydrogens (tertiary/aromatic N) is 2. The molecule has 2 aromatic rings. The molecule has 7 nitrogen and oxygen atoms in total. The normalized spacial score (nSPS) is 18.0. The predicted octanol–water partition coefficient (Wildman–Crippen LogP) is 2.47. The Hall–Kier alpha value is -2.93. The van der Waals surface area contributed by atoms with Crippen LogP contribution in [-0.2, 0) is 11.3 Å². The van der Waals surface area contributed by atoms with Crippen molar-refractivity contribution in [1.29, 1.82) is 0 Å². The molecule has 0 radical (unpaired) electrons. The lowest BCUT2D eigenvalue weighted by Crippen LogP contribution is -2.44. The third kappa shape index (κ3) is 4.40. The Morgan fingerprint density at radius 2 is 1.97 bits per heavy atom. The summed E-state index contributed by atoms with van der Waals surface area (Å²) in [6.45, 7) is 0.820. The van der Waals surface area contributed by atoms with Gasteiger partial charge in [0.1, 0.15) is 0 Å². The number of fused-ring (bicyclic) bond motifs is 1. The van der Waals surface area contributed by atoms with Gasteiger partial charge in [-0.05, 0) is 24.5 Å². The first kappa shape index (κ1) is 19.4. The zero-order chi connectivity index (χ0) is 20.3. The molecular formula is C22H26N4O3. The van der Waals surface area contributed by atoms with Crippen molar-refractivity contribution in [3.63, 3.8) is 0 Å². The molecular weight excluding hydrogens is 368 g/mol. The molecule has 29 heavy (non-hydrogen) atoms. The van der Waals surface area contributed by atoms with E-state index in [0.717, 1.165) is 24.8 Å². The molecule has 0 bridgehead atoms. The molecule has 1 aliphatic carbocycles. The molecule has 0 unspecified atom stereocenters. The Morgan fingerprint density at radius 1 is 1.21 bits per heavy atom. The van der Waals surface area contributed by atoms with E-state index in [1.807, 2.05) is 30.3 Å². The molecule has 7 heteroatoms. The highest BCUT2D eigenvalue weighted by molar-refractivity contribution is 6.04. The van der Waals surface area contributed by atoms with Gasteiger partial charge in [-0.3, -0.25) is 9.59 Å². The number of hydrogen-bond acceptors (Lipinski definition) is 5. The standard InChI is InChI=1S/C22H26N4O3/c27-19-13-24-20-18(26(19)14-16-7-3-1-4-8-16)11-17(12-23-20)21(28)25-15-22(29)9-5-2-6-10-22/h1,3-4,7-8,11-12,29H,2,5-6,9-10,13-15H2,(H,23,24)(H,25,28). The number of rotatable bonds is 5. The van der Waals surface area contributed by atoms with Crippen LogP contribution in [0.1, 0.15) is 48.0 Å². The van der Waals surface area contributed by atoms with Gasteiger partial charge in [-0.2, -0.15) is 0 Å². The average molecular weight is 394 g/mol. The molecule has 2 heterocycles. The van der Waals surface area contributed by atoms with Crippen LogP contribution in [0.3, 0.4) is 0 Å². The van der Waals surface area contributed by atoms with Crippen molar-refractivity contribution in [3.05, 3.63) is 53.7 Å². The maximum Gasteiger partial charge on any atom is 0.253 e. The average Bonchev–Trinajstić information content (AvgIpc) is 2.75. The molecule has 1 aromatic heterocycles. The highest BCUT2D eigenvalue weighted by Gasteiger charge is 2.30. The first-order valence-corrected chi connectivity index (χ1v) is 10.1. The van der Waals surface area contributed by atoms with Gasteiger partial charge < -0.3 is 20.6 Å². The van der Waals surface area contributed by atoms with E-state index < -0.39 is 5.60 Å². The summed E-state index contributed by atoms with van der Waals surface area (Å²) in [4.78, 5) is 31.2. The second kappa shape index (κ2) is 8.21. The van der Waals surface area contributed by atoms with Crippen LogP contribution < -0.4 is 15.5 Å². The molecule has 2 aliphatic rings. The summed E-state index contributed by atoms with van der Waals surface area (Å²) < 4.78 is 0. The first-order chi connectivity index (χ1) is 14.0. The molecule has 1 fully saturated rings. The summed E-state index contributed by atoms with van der Waals surface area (Å²) in [5, 5.41) is 16.5. The van der Waals surface area contributed by atoms with E-state index in [1.54, 1.807) is 11.0 Å². The molecule has 2 amide bonds. The number of hydrogen-bond donors (Lipinski definition) is 3. The monoisotopic (exact) mass is 394 g/mol. The van der Waals surface area contributed by atoms with Crippen molar-refractivity contribution in [3.8, 4) is 0 Å². The van der Waals surface area contributed by atoms with Gasteiger partial charge in [0.2, 0.25) is 5.91 Å². The molecule has 0 atom stereocenters. The highest BCUT2D eigenvalue weighted by atomic mass is 16.3. The molecule has 0 saturated heterocycles. The fraction of sp³-hybridized carbons (Fsp3) is 0.409. The van der Waals surface area contributed by atoms with E-state index in [-0.39, 0.29) is 24.9 Å². The van der Waals surface area contributed by atoms with E-state index in [9.17, 15) is 14.7 Å². The van der Waals surface area contributed by atoms with Gasteiger partial charge in [-0.15, -0.1) is 0 Å². The van der Waals surface area contributed by atoms with E-state index in [2.05, 4.69) is 15.6 Å². The van der Waals surface area contributed by atoms with E-state index in [4.69, 9.17) is 0 Å². The summed E-state index contributed by atoms with van der Waals surface area (Å²) in [5.41, 5.74) is 1.14. The Labute approximate surface area is 170 Å². The predicted molar refractivity (Wildman–Crippen MR) is 111 cm³/mol. The number of aliphatic hydroxyl groups is 1. The lowest BCUT2D eigenvalue weighted by atomic mass is 9.85. The van der Waals surface area contributed by atoms with Gasteiger partial charge in [0.25, 0.3) is 5.91 Å². The molecule has 1 saturated carbocycles. The fourth-order valence-electron chi connectivity index (χ4n) is 3.98. The quantitative estimate of drug-likeness (QED) is 0.724. The van der Waals surface area contributed by atoms with Crippen LogP contribution in [0.25, 0.3) is 0 Å². The lowest BCUT2D eigenvalue weighted by molar-refractivity contribution is -0.117. The number of aromatic nitrogens is 1. The van der Waals surface area contributed by atoms with Crippen LogP contribution in [-0.4, -0.2) is 40.6 Å². The van der Waals surface area contributed by atoms with Gasteiger partial charge in [0.05, 0.1) is 29.9 Å². The summed E-state index contributed by atoms with van der Waals surface area (Å²) in [6.07, 6.45) is 6.01. The Bertz CT molecular complexity index is 894. The highest BCUT2D eigenvalue weighted by Crippen LogP contribution is 2.30. The van der Waals surface area contributed by atoms with Crippen molar-refractivity contribution >= 4 is 23.3 Å². The SMILES string of the molecule is O=C(NCC1(O)CCCCC1)c1cnc2c(c1)N(Cc1ccccc1)C(=O)CN2. The number of anilines is 2. The number of benzene rings is 1. The number of carbonyl (C=O) groups is 2. The molecule has 1 aromatic carbocycles. The zero-order valence-corrected chi connectivity index (χ0v) is 16.4. The Kier molecular flexibility index (Phi) is 5.49. The van der Waals surface area contributed by atoms with E-state index in [0.29, 0.717) is 36.5 Å². The summed E-state index contributed by atoms with van der Waals surface area (Å²) in [6, 6.07) is 11.4. The summed E-state index contributed by atoms with van der Waals surface area (Å²) in [5.74, 6) is 0.220. The number of carbonyl (C=O) groups excluding carboxylic acids is 2. The van der Waals surface area contributed by atoms with Crippen LogP contribution in [0.4, 0.5) is 11.5 Å². The fourth-order valence-corrected chi connectivity index (χ4v) is 3.98. The maximum atomic E-state index is 12.7. The minimum Gasteiger partial charge on any atom is -0.388 e. The van der Waals surface area contributed by atoms with Crippen molar-refractivity contribution in [1.82, 2.24) is 10.3 Å². The van der Waals surface area contributed by atoms with Crippen molar-refractivity contribution in [2.24, 2.45) is 0 Å². The minimum absolute atomic E-state index is 0.0720. The van der Waals surface area contributed by atoms with E-state index >= 15 is 0 Å². The third-order valence-corrected chi connectivity index (χ3v) is 5.67. The zero-order valence-electron chi connectivity index (χ0n) is 16.4. The van der Waals surface area contributed by atoms with Crippen molar-refractivity contribution in [2.45, 2.75) is 44.2 Å². The third-order valence-electron chi connectivity index (χ3n) is 5.67. The largest absolute Gasteiger partial charge is 0.388 e. The molecule has 152 valence electrons. The van der Waals surface area contributed by atoms with Gasteiger partial charge in [0, 0.05) is 12.7 Å². The molecule has 0 spiro atoms. The Morgan fingerprint density at radius 3 is 2.72 bits per heavy atom. The Balaban J connectivity index is 1.51. The smallest absolute Gasteiger partial charge is 0.253 e. The number of nitrogens with one attached hydrogen (secondary N) is 2. The lowest BCUT2D eigenvalue weighted by Gasteiger charge is -2.32. The molecule has 4 rings (SSSR count). The van der Waals surface area contributed by atoms with Crippen LogP contribution in [0, 0.1) is 0 Å². The minimum atomic E-state index is -0.827. The topological polar surface area (TPSA) is 94.6 Å². The summed E-state index contributed by atoms with van der Waals surface area (Å²) in [7, 11) is 0. The van der Waals surface area contributed by atoms with Crippen LogP contribution in [0.15, 0.2) is 42.6 Å². The second-order valence-electron chi connectivity index (χ2n) is 7.88. The van der Waals surface area contributed by atoms with E-state index in [1.165, 1.54) is 6.20 Å². The van der Waals surface area contributed by atoms with Gasteiger partial charge >= 0.3 is 0 Å². The summed E-state index contributed by atoms with van der Waals surface area (Å²) >= 11 is 0. The molecule has 3 N–H and O–H groups in total. The van der Waals surface area contributed by atoms with Gasteiger partial charge in [-0.25, -0.2) is 4.98 Å².